The van der Waals surface area contributed by atoms with Crippen LogP contribution in [0.4, 0.5) is 5.69 Å². The Labute approximate surface area is 141 Å². The number of nitro benzene ring substituents is 1. The Kier molecular flexibility index (Phi) is 5.23. The second kappa shape index (κ2) is 7.00. The monoisotopic (exact) mass is 349 g/mol. The topological polar surface area (TPSA) is 86.5 Å². The molecule has 1 unspecified atom stereocenters. The van der Waals surface area contributed by atoms with E-state index in [-0.39, 0.29) is 27.8 Å². The Bertz CT molecular complexity index is 861. The number of rotatable bonds is 6. The van der Waals surface area contributed by atoms with Crippen LogP contribution in [0, 0.1) is 17.0 Å². The van der Waals surface area contributed by atoms with E-state index in [0.717, 1.165) is 12.0 Å². The van der Waals surface area contributed by atoms with Gasteiger partial charge in [-0.1, -0.05) is 38.1 Å². The largest absolute Gasteiger partial charge is 0.379 e. The zero-order valence-corrected chi connectivity index (χ0v) is 14.5. The molecule has 0 bridgehead atoms. The van der Waals surface area contributed by atoms with Crippen LogP contribution in [-0.2, 0) is 10.1 Å². The lowest BCUT2D eigenvalue weighted by Crippen LogP contribution is -2.13. The van der Waals surface area contributed by atoms with Gasteiger partial charge in [0.15, 0.2) is 0 Å². The van der Waals surface area contributed by atoms with Gasteiger partial charge in [-0.2, -0.15) is 8.42 Å². The molecule has 0 aliphatic rings. The summed E-state index contributed by atoms with van der Waals surface area (Å²) in [5.74, 6) is 0.375. The first-order chi connectivity index (χ1) is 11.3. The zero-order chi connectivity index (χ0) is 17.9. The van der Waals surface area contributed by atoms with E-state index < -0.39 is 15.0 Å². The maximum Gasteiger partial charge on any atom is 0.339 e. The molecule has 0 saturated heterocycles. The molecule has 7 heteroatoms. The lowest BCUT2D eigenvalue weighted by molar-refractivity contribution is -0.385. The van der Waals surface area contributed by atoms with E-state index in [4.69, 9.17) is 4.18 Å². The number of nitro groups is 1. The average molecular weight is 349 g/mol. The molecular formula is C17H19NO5S. The highest BCUT2D eigenvalue weighted by Gasteiger charge is 2.26. The van der Waals surface area contributed by atoms with Crippen molar-refractivity contribution in [2.75, 3.05) is 0 Å². The molecule has 0 fully saturated rings. The van der Waals surface area contributed by atoms with Crippen molar-refractivity contribution < 1.29 is 17.5 Å². The molecule has 2 aromatic carbocycles. The van der Waals surface area contributed by atoms with E-state index in [1.807, 2.05) is 26.0 Å². The number of nitrogens with zero attached hydrogens (tertiary/aromatic N) is 1. The lowest BCUT2D eigenvalue weighted by Gasteiger charge is -2.16. The molecule has 0 spiro atoms. The van der Waals surface area contributed by atoms with Gasteiger partial charge in [-0.15, -0.1) is 0 Å². The van der Waals surface area contributed by atoms with Gasteiger partial charge in [0.25, 0.3) is 5.69 Å². The minimum atomic E-state index is -4.17. The van der Waals surface area contributed by atoms with Crippen LogP contribution in [0.5, 0.6) is 5.75 Å². The first-order valence-electron chi connectivity index (χ1n) is 7.55. The van der Waals surface area contributed by atoms with E-state index in [0.29, 0.717) is 0 Å². The standard InChI is InChI=1S/C17H19NO5S/c1-4-12(2)14-8-5-6-10-16(14)23-24(21,22)17-11-7-9-15(13(17)3)18(19)20/h5-12H,4H2,1-3H3. The van der Waals surface area contributed by atoms with Gasteiger partial charge in [-0.25, -0.2) is 0 Å². The molecule has 128 valence electrons. The highest BCUT2D eigenvalue weighted by molar-refractivity contribution is 7.87. The quantitative estimate of drug-likeness (QED) is 0.443. The molecule has 0 aliphatic heterocycles. The van der Waals surface area contributed by atoms with Crippen molar-refractivity contribution in [1.29, 1.82) is 0 Å². The maximum absolute atomic E-state index is 12.6. The van der Waals surface area contributed by atoms with Gasteiger partial charge in [0.05, 0.1) is 4.92 Å². The van der Waals surface area contributed by atoms with Crippen molar-refractivity contribution in [3.8, 4) is 5.75 Å². The number of hydrogen-bond acceptors (Lipinski definition) is 5. The lowest BCUT2D eigenvalue weighted by atomic mass is 9.98. The minimum Gasteiger partial charge on any atom is -0.379 e. The summed E-state index contributed by atoms with van der Waals surface area (Å²) >= 11 is 0. The summed E-state index contributed by atoms with van der Waals surface area (Å²) < 4.78 is 30.5. The first-order valence-corrected chi connectivity index (χ1v) is 8.96. The van der Waals surface area contributed by atoms with Crippen LogP contribution in [0.1, 0.15) is 37.3 Å². The highest BCUT2D eigenvalue weighted by Crippen LogP contribution is 2.32. The van der Waals surface area contributed by atoms with E-state index in [2.05, 4.69) is 0 Å². The van der Waals surface area contributed by atoms with Gasteiger partial charge < -0.3 is 4.18 Å². The molecule has 0 aromatic heterocycles. The van der Waals surface area contributed by atoms with E-state index >= 15 is 0 Å². The number of hydrogen-bond donors (Lipinski definition) is 0. The third-order valence-electron chi connectivity index (χ3n) is 3.98. The summed E-state index contributed by atoms with van der Waals surface area (Å²) in [6.45, 7) is 5.38. The third-order valence-corrected chi connectivity index (χ3v) is 5.36. The maximum atomic E-state index is 12.6. The molecule has 2 aromatic rings. The fraction of sp³-hybridized carbons (Fsp3) is 0.294. The van der Waals surface area contributed by atoms with Crippen LogP contribution in [0.25, 0.3) is 0 Å². The van der Waals surface area contributed by atoms with Gasteiger partial charge >= 0.3 is 10.1 Å². The fourth-order valence-corrected chi connectivity index (χ4v) is 3.62. The fourth-order valence-electron chi connectivity index (χ4n) is 2.42. The van der Waals surface area contributed by atoms with Crippen LogP contribution >= 0.6 is 0 Å². The molecule has 0 saturated carbocycles. The Morgan fingerprint density at radius 2 is 1.83 bits per heavy atom. The van der Waals surface area contributed by atoms with E-state index in [9.17, 15) is 18.5 Å². The molecular weight excluding hydrogens is 330 g/mol. The SMILES string of the molecule is CCC(C)c1ccccc1OS(=O)(=O)c1cccc([N+](=O)[O-])c1C. The molecule has 6 nitrogen and oxygen atoms in total. The van der Waals surface area contributed by atoms with Crippen LogP contribution in [-0.4, -0.2) is 13.3 Å². The number of para-hydroxylation sites is 1. The summed E-state index contributed by atoms with van der Waals surface area (Å²) in [7, 11) is -4.17. The molecule has 1 atom stereocenters. The summed E-state index contributed by atoms with van der Waals surface area (Å²) in [5.41, 5.74) is 0.588. The normalized spacial score (nSPS) is 12.6. The van der Waals surface area contributed by atoms with Crippen molar-refractivity contribution >= 4 is 15.8 Å². The average Bonchev–Trinajstić information content (AvgIpc) is 2.54. The van der Waals surface area contributed by atoms with Gasteiger partial charge in [0.2, 0.25) is 0 Å². The van der Waals surface area contributed by atoms with Gasteiger partial charge in [0.1, 0.15) is 10.6 Å². The molecule has 0 amide bonds. The Hall–Kier alpha value is -2.41. The summed E-state index contributed by atoms with van der Waals surface area (Å²) in [5, 5.41) is 11.0. The predicted octanol–water partition coefficient (Wildman–Crippen LogP) is 4.18. The third kappa shape index (κ3) is 3.56. The van der Waals surface area contributed by atoms with Crippen LogP contribution in [0.3, 0.4) is 0 Å². The second-order valence-corrected chi connectivity index (χ2v) is 7.06. The molecule has 24 heavy (non-hydrogen) atoms. The highest BCUT2D eigenvalue weighted by atomic mass is 32.2. The smallest absolute Gasteiger partial charge is 0.339 e. The molecule has 0 N–H and O–H groups in total. The Morgan fingerprint density at radius 3 is 2.46 bits per heavy atom. The number of benzene rings is 2. The molecule has 0 aliphatic carbocycles. The van der Waals surface area contributed by atoms with Gasteiger partial charge in [-0.05, 0) is 37.0 Å². The van der Waals surface area contributed by atoms with Gasteiger partial charge in [-0.3, -0.25) is 10.1 Å². The summed E-state index contributed by atoms with van der Waals surface area (Å²) in [6.07, 6.45) is 0.830. The van der Waals surface area contributed by atoms with E-state index in [1.54, 1.807) is 12.1 Å². The van der Waals surface area contributed by atoms with Crippen molar-refractivity contribution in [1.82, 2.24) is 0 Å². The van der Waals surface area contributed by atoms with Crippen LogP contribution < -0.4 is 4.18 Å². The second-order valence-electron chi connectivity index (χ2n) is 5.54. The molecule has 2 rings (SSSR count). The van der Waals surface area contributed by atoms with Crippen molar-refractivity contribution in [2.45, 2.75) is 38.0 Å². The van der Waals surface area contributed by atoms with Crippen LogP contribution in [0.15, 0.2) is 47.4 Å². The Morgan fingerprint density at radius 1 is 1.17 bits per heavy atom. The first kappa shape index (κ1) is 17.9. The predicted molar refractivity (Wildman–Crippen MR) is 90.8 cm³/mol. The summed E-state index contributed by atoms with van der Waals surface area (Å²) in [4.78, 5) is 10.2. The molecule has 0 heterocycles. The molecule has 0 radical (unpaired) electrons. The van der Waals surface area contributed by atoms with Gasteiger partial charge in [0, 0.05) is 11.6 Å². The Balaban J connectivity index is 2.48. The van der Waals surface area contributed by atoms with Crippen molar-refractivity contribution in [3.63, 3.8) is 0 Å². The van der Waals surface area contributed by atoms with Crippen LogP contribution in [0.2, 0.25) is 0 Å². The summed E-state index contributed by atoms with van der Waals surface area (Å²) in [6, 6.07) is 10.8. The van der Waals surface area contributed by atoms with Crippen molar-refractivity contribution in [2.24, 2.45) is 0 Å². The minimum absolute atomic E-state index is 0.0588. The van der Waals surface area contributed by atoms with Crippen molar-refractivity contribution in [3.05, 3.63) is 63.7 Å². The zero-order valence-electron chi connectivity index (χ0n) is 13.7. The van der Waals surface area contributed by atoms with E-state index in [1.165, 1.54) is 25.1 Å².